The van der Waals surface area contributed by atoms with E-state index in [1.165, 1.54) is 24.3 Å². The SMILES string of the molecule is CC(C)NC(=O)[C@@H]1CCC[C@@H]1Nc1nc(Nc2ccc(C(=O)O)cc2)ncc1C(F)(F)F. The van der Waals surface area contributed by atoms with Crippen LogP contribution < -0.4 is 16.0 Å². The Kier molecular flexibility index (Phi) is 6.85. The van der Waals surface area contributed by atoms with Gasteiger partial charge in [0.15, 0.2) is 0 Å². The highest BCUT2D eigenvalue weighted by molar-refractivity contribution is 5.88. The monoisotopic (exact) mass is 451 g/mol. The van der Waals surface area contributed by atoms with Crippen LogP contribution >= 0.6 is 0 Å². The molecule has 0 saturated heterocycles. The van der Waals surface area contributed by atoms with E-state index in [0.29, 0.717) is 31.1 Å². The number of amides is 1. The molecular weight excluding hydrogens is 427 g/mol. The fraction of sp³-hybridized carbons (Fsp3) is 0.429. The lowest BCUT2D eigenvalue weighted by molar-refractivity contribution is -0.137. The first-order valence-electron chi connectivity index (χ1n) is 10.2. The van der Waals surface area contributed by atoms with Gasteiger partial charge in [0.2, 0.25) is 11.9 Å². The number of alkyl halides is 3. The number of nitrogens with zero attached hydrogens (tertiary/aromatic N) is 2. The van der Waals surface area contributed by atoms with Crippen molar-refractivity contribution in [3.8, 4) is 0 Å². The maximum Gasteiger partial charge on any atom is 0.421 e. The van der Waals surface area contributed by atoms with Crippen LogP contribution in [0.4, 0.5) is 30.6 Å². The summed E-state index contributed by atoms with van der Waals surface area (Å²) in [5, 5.41) is 17.4. The molecule has 1 aliphatic rings. The van der Waals surface area contributed by atoms with Gasteiger partial charge in [-0.3, -0.25) is 4.79 Å². The molecule has 0 aliphatic heterocycles. The number of aromatic nitrogens is 2. The number of nitrogens with one attached hydrogen (secondary N) is 3. The summed E-state index contributed by atoms with van der Waals surface area (Å²) in [6.07, 6.45) is -2.18. The highest BCUT2D eigenvalue weighted by Crippen LogP contribution is 2.36. The number of benzene rings is 1. The third-order valence-corrected chi connectivity index (χ3v) is 5.09. The zero-order chi connectivity index (χ0) is 23.5. The molecule has 11 heteroatoms. The van der Waals surface area contributed by atoms with Crippen LogP contribution in [-0.2, 0) is 11.0 Å². The summed E-state index contributed by atoms with van der Waals surface area (Å²) in [7, 11) is 0. The summed E-state index contributed by atoms with van der Waals surface area (Å²) in [4.78, 5) is 31.2. The zero-order valence-electron chi connectivity index (χ0n) is 17.5. The third-order valence-electron chi connectivity index (χ3n) is 5.09. The number of halogens is 3. The average Bonchev–Trinajstić information content (AvgIpc) is 3.15. The van der Waals surface area contributed by atoms with Crippen molar-refractivity contribution in [2.24, 2.45) is 5.92 Å². The number of anilines is 3. The minimum Gasteiger partial charge on any atom is -0.478 e. The number of carbonyl (C=O) groups is 2. The Morgan fingerprint density at radius 1 is 1.16 bits per heavy atom. The van der Waals surface area contributed by atoms with Gasteiger partial charge in [0.05, 0.1) is 11.5 Å². The summed E-state index contributed by atoms with van der Waals surface area (Å²) in [5.74, 6) is -2.26. The molecule has 1 aliphatic carbocycles. The number of carboxylic acids is 1. The quantitative estimate of drug-likeness (QED) is 0.502. The Balaban J connectivity index is 1.84. The predicted molar refractivity (Wildman–Crippen MR) is 112 cm³/mol. The molecule has 0 radical (unpaired) electrons. The number of aromatic carboxylic acids is 1. The first-order chi connectivity index (χ1) is 15.0. The molecule has 1 amide bonds. The van der Waals surface area contributed by atoms with Gasteiger partial charge in [-0.2, -0.15) is 18.2 Å². The second-order valence-electron chi connectivity index (χ2n) is 7.91. The highest BCUT2D eigenvalue weighted by atomic mass is 19.4. The van der Waals surface area contributed by atoms with Crippen molar-refractivity contribution in [1.29, 1.82) is 0 Å². The Hall–Kier alpha value is -3.37. The molecule has 1 fully saturated rings. The smallest absolute Gasteiger partial charge is 0.421 e. The standard InChI is InChI=1S/C21H24F3N5O3/c1-11(2)26-18(30)14-4-3-5-16(14)28-17-15(21(22,23)24)10-25-20(29-17)27-13-8-6-12(7-9-13)19(31)32/h6-11,14,16H,3-5H2,1-2H3,(H,26,30)(H,31,32)(H2,25,27,28,29)/t14-,16+/m1/s1. The van der Waals surface area contributed by atoms with Crippen molar-refractivity contribution in [3.63, 3.8) is 0 Å². The molecule has 0 spiro atoms. The van der Waals surface area contributed by atoms with Crippen LogP contribution in [0.5, 0.6) is 0 Å². The molecule has 172 valence electrons. The molecule has 2 atom stereocenters. The fourth-order valence-corrected chi connectivity index (χ4v) is 3.60. The number of rotatable bonds is 7. The minimum atomic E-state index is -4.68. The zero-order valence-corrected chi connectivity index (χ0v) is 17.5. The van der Waals surface area contributed by atoms with Crippen molar-refractivity contribution >= 4 is 29.3 Å². The van der Waals surface area contributed by atoms with Crippen LogP contribution in [-0.4, -0.2) is 39.0 Å². The second kappa shape index (κ2) is 9.41. The van der Waals surface area contributed by atoms with E-state index < -0.39 is 35.5 Å². The van der Waals surface area contributed by atoms with E-state index in [9.17, 15) is 22.8 Å². The van der Waals surface area contributed by atoms with Crippen molar-refractivity contribution < 1.29 is 27.9 Å². The molecule has 32 heavy (non-hydrogen) atoms. The minimum absolute atomic E-state index is 0.0678. The summed E-state index contributed by atoms with van der Waals surface area (Å²) < 4.78 is 40.7. The average molecular weight is 451 g/mol. The van der Waals surface area contributed by atoms with E-state index in [1.54, 1.807) is 0 Å². The molecule has 3 rings (SSSR count). The molecule has 0 bridgehead atoms. The molecule has 2 aromatic rings. The normalized spacial score (nSPS) is 18.4. The lowest BCUT2D eigenvalue weighted by Gasteiger charge is -2.24. The Bertz CT molecular complexity index is 980. The van der Waals surface area contributed by atoms with Crippen molar-refractivity contribution in [2.45, 2.75) is 51.4 Å². The van der Waals surface area contributed by atoms with E-state index in [4.69, 9.17) is 5.11 Å². The first kappa shape index (κ1) is 23.3. The maximum absolute atomic E-state index is 13.6. The largest absolute Gasteiger partial charge is 0.478 e. The van der Waals surface area contributed by atoms with Crippen molar-refractivity contribution in [3.05, 3.63) is 41.6 Å². The molecule has 8 nitrogen and oxygen atoms in total. The van der Waals surface area contributed by atoms with Gasteiger partial charge >= 0.3 is 12.1 Å². The van der Waals surface area contributed by atoms with E-state index in [-0.39, 0.29) is 23.5 Å². The third kappa shape index (κ3) is 5.65. The fourth-order valence-electron chi connectivity index (χ4n) is 3.60. The lowest BCUT2D eigenvalue weighted by Crippen LogP contribution is -2.41. The van der Waals surface area contributed by atoms with Gasteiger partial charge in [0.1, 0.15) is 11.4 Å². The second-order valence-corrected chi connectivity index (χ2v) is 7.91. The van der Waals surface area contributed by atoms with Crippen LogP contribution in [0.2, 0.25) is 0 Å². The van der Waals surface area contributed by atoms with Gasteiger partial charge in [-0.1, -0.05) is 6.42 Å². The van der Waals surface area contributed by atoms with Crippen LogP contribution in [0, 0.1) is 5.92 Å². The highest BCUT2D eigenvalue weighted by Gasteiger charge is 2.38. The van der Waals surface area contributed by atoms with Gasteiger partial charge in [0.25, 0.3) is 0 Å². The Morgan fingerprint density at radius 2 is 1.84 bits per heavy atom. The van der Waals surface area contributed by atoms with Gasteiger partial charge in [-0.05, 0) is 51.0 Å². The lowest BCUT2D eigenvalue weighted by atomic mass is 10.0. The summed E-state index contributed by atoms with van der Waals surface area (Å²) in [6.45, 7) is 3.64. The molecule has 4 N–H and O–H groups in total. The van der Waals surface area contributed by atoms with Crippen molar-refractivity contribution in [2.75, 3.05) is 10.6 Å². The number of hydrogen-bond donors (Lipinski definition) is 4. The Labute approximate surface area is 182 Å². The summed E-state index contributed by atoms with van der Waals surface area (Å²) >= 11 is 0. The molecule has 0 unspecified atom stereocenters. The molecular formula is C21H24F3N5O3. The van der Waals surface area contributed by atoms with Crippen LogP contribution in [0.3, 0.4) is 0 Å². The van der Waals surface area contributed by atoms with Crippen molar-refractivity contribution in [1.82, 2.24) is 15.3 Å². The van der Waals surface area contributed by atoms with Gasteiger partial charge in [-0.25, -0.2) is 9.78 Å². The van der Waals surface area contributed by atoms with Crippen LogP contribution in [0.15, 0.2) is 30.5 Å². The van der Waals surface area contributed by atoms with Gasteiger partial charge in [0, 0.05) is 24.0 Å². The molecule has 1 aromatic carbocycles. The van der Waals surface area contributed by atoms with E-state index in [0.717, 1.165) is 0 Å². The topological polar surface area (TPSA) is 116 Å². The maximum atomic E-state index is 13.6. The number of carboxylic acid groups (broad SMARTS) is 1. The molecule has 1 saturated carbocycles. The van der Waals surface area contributed by atoms with Crippen LogP contribution in [0.1, 0.15) is 49.0 Å². The van der Waals surface area contributed by atoms with Gasteiger partial charge in [-0.15, -0.1) is 0 Å². The van der Waals surface area contributed by atoms with Crippen LogP contribution in [0.25, 0.3) is 0 Å². The number of carbonyl (C=O) groups excluding carboxylic acids is 1. The molecule has 1 aromatic heterocycles. The van der Waals surface area contributed by atoms with E-state index in [1.807, 2.05) is 13.8 Å². The summed E-state index contributed by atoms with van der Waals surface area (Å²) in [6, 6.07) is 5.06. The van der Waals surface area contributed by atoms with E-state index >= 15 is 0 Å². The van der Waals surface area contributed by atoms with Gasteiger partial charge < -0.3 is 21.1 Å². The molecule has 1 heterocycles. The number of hydrogen-bond acceptors (Lipinski definition) is 6. The Morgan fingerprint density at radius 3 is 2.44 bits per heavy atom. The predicted octanol–water partition coefficient (Wildman–Crippen LogP) is 4.04. The summed E-state index contributed by atoms with van der Waals surface area (Å²) in [5.41, 5.74) is -0.548. The van der Waals surface area contributed by atoms with E-state index in [2.05, 4.69) is 25.9 Å². The first-order valence-corrected chi connectivity index (χ1v) is 10.2.